The molecule has 1 aromatic carbocycles. The van der Waals surface area contributed by atoms with Crippen LogP contribution in [0.4, 0.5) is 0 Å². The van der Waals surface area contributed by atoms with Crippen molar-refractivity contribution in [1.82, 2.24) is 10.2 Å². The van der Waals surface area contributed by atoms with E-state index in [0.717, 1.165) is 16.8 Å². The molecule has 4 heteroatoms. The number of phenols is 1. The zero-order chi connectivity index (χ0) is 17.4. The third kappa shape index (κ3) is 4.03. The number of aromatic nitrogens is 2. The van der Waals surface area contributed by atoms with Crippen molar-refractivity contribution in [2.75, 3.05) is 0 Å². The third-order valence-corrected chi connectivity index (χ3v) is 4.08. The van der Waals surface area contributed by atoms with Crippen LogP contribution in [0.5, 0.6) is 5.75 Å². The highest BCUT2D eigenvalue weighted by Gasteiger charge is 2.29. The van der Waals surface area contributed by atoms with Gasteiger partial charge in [0, 0.05) is 17.5 Å². The van der Waals surface area contributed by atoms with Crippen LogP contribution in [0.2, 0.25) is 5.15 Å². The minimum absolute atomic E-state index is 0.0291. The largest absolute Gasteiger partial charge is 0.507 e. The maximum absolute atomic E-state index is 10.9. The van der Waals surface area contributed by atoms with E-state index >= 15 is 0 Å². The maximum Gasteiger partial charge on any atom is 0.151 e. The molecule has 0 aliphatic rings. The fourth-order valence-corrected chi connectivity index (χ4v) is 2.89. The second kappa shape index (κ2) is 6.12. The molecule has 0 unspecified atom stereocenters. The van der Waals surface area contributed by atoms with Crippen molar-refractivity contribution in [3.63, 3.8) is 0 Å². The van der Waals surface area contributed by atoms with Crippen LogP contribution in [0.1, 0.15) is 63.9 Å². The summed E-state index contributed by atoms with van der Waals surface area (Å²) in [6, 6.07) is 7.67. The molecule has 0 aliphatic carbocycles. The van der Waals surface area contributed by atoms with Crippen LogP contribution < -0.4 is 0 Å². The number of phenolic OH excluding ortho intramolecular Hbond substituents is 1. The van der Waals surface area contributed by atoms with Crippen LogP contribution in [0, 0.1) is 0 Å². The topological polar surface area (TPSA) is 46.0 Å². The molecule has 23 heavy (non-hydrogen) atoms. The summed E-state index contributed by atoms with van der Waals surface area (Å²) < 4.78 is 0. The highest BCUT2D eigenvalue weighted by atomic mass is 35.5. The van der Waals surface area contributed by atoms with Gasteiger partial charge >= 0.3 is 0 Å². The molecule has 0 saturated heterocycles. The summed E-state index contributed by atoms with van der Waals surface area (Å²) in [6.07, 6.45) is 0.531. The molecule has 1 heterocycles. The second-order valence-corrected chi connectivity index (χ2v) is 8.41. The van der Waals surface area contributed by atoms with Crippen molar-refractivity contribution in [3.8, 4) is 5.75 Å². The third-order valence-electron chi connectivity index (χ3n) is 3.88. The molecule has 0 saturated carbocycles. The fourth-order valence-electron chi connectivity index (χ4n) is 2.79. The number of halogens is 1. The Morgan fingerprint density at radius 1 is 0.913 bits per heavy atom. The normalized spacial score (nSPS) is 12.5. The zero-order valence-corrected chi connectivity index (χ0v) is 15.5. The highest BCUT2D eigenvalue weighted by Crippen LogP contribution is 2.41. The Hall–Kier alpha value is -1.61. The van der Waals surface area contributed by atoms with Crippen molar-refractivity contribution >= 4 is 11.6 Å². The lowest BCUT2D eigenvalue weighted by molar-refractivity contribution is 0.430. The number of aromatic hydroxyl groups is 1. The summed E-state index contributed by atoms with van der Waals surface area (Å²) in [5, 5.41) is 19.2. The molecule has 1 N–H and O–H groups in total. The number of hydrogen-bond acceptors (Lipinski definition) is 3. The summed E-state index contributed by atoms with van der Waals surface area (Å²) in [7, 11) is 0. The molecule has 0 fully saturated rings. The SMILES string of the molecule is CC(C)(C)c1ccc(Cc2ccc(Cl)nn2)c(O)c1C(C)(C)C. The Labute approximate surface area is 143 Å². The van der Waals surface area contributed by atoms with Crippen molar-refractivity contribution in [3.05, 3.63) is 51.8 Å². The van der Waals surface area contributed by atoms with Crippen LogP contribution in [-0.4, -0.2) is 15.3 Å². The Bertz CT molecular complexity index is 695. The molecule has 3 nitrogen and oxygen atoms in total. The van der Waals surface area contributed by atoms with Gasteiger partial charge in [-0.15, -0.1) is 5.10 Å². The summed E-state index contributed by atoms with van der Waals surface area (Å²) in [4.78, 5) is 0. The first-order valence-corrected chi connectivity index (χ1v) is 8.22. The molecule has 0 bridgehead atoms. The standard InChI is InChI=1S/C19H25ClN2O/c1-18(2,3)14-9-7-12(17(23)16(14)19(4,5)6)11-13-8-10-15(20)22-21-13/h7-10,23H,11H2,1-6H3. The number of hydrogen-bond donors (Lipinski definition) is 1. The smallest absolute Gasteiger partial charge is 0.151 e. The van der Waals surface area contributed by atoms with Crippen LogP contribution in [-0.2, 0) is 17.3 Å². The van der Waals surface area contributed by atoms with E-state index in [-0.39, 0.29) is 10.8 Å². The van der Waals surface area contributed by atoms with Gasteiger partial charge in [0.2, 0.25) is 0 Å². The minimum atomic E-state index is -0.144. The first-order valence-electron chi connectivity index (χ1n) is 7.84. The van der Waals surface area contributed by atoms with Gasteiger partial charge in [0.1, 0.15) is 5.75 Å². The van der Waals surface area contributed by atoms with Gasteiger partial charge < -0.3 is 5.11 Å². The Morgan fingerprint density at radius 3 is 2.04 bits per heavy atom. The monoisotopic (exact) mass is 332 g/mol. The van der Waals surface area contributed by atoms with E-state index in [1.807, 2.05) is 12.1 Å². The zero-order valence-electron chi connectivity index (χ0n) is 14.7. The van der Waals surface area contributed by atoms with Gasteiger partial charge in [0.05, 0.1) is 5.69 Å². The summed E-state index contributed by atoms with van der Waals surface area (Å²) in [5.74, 6) is 0.363. The van der Waals surface area contributed by atoms with Crippen LogP contribution >= 0.6 is 11.6 Å². The van der Waals surface area contributed by atoms with Gasteiger partial charge in [-0.25, -0.2) is 0 Å². The van der Waals surface area contributed by atoms with Gasteiger partial charge in [0.15, 0.2) is 5.15 Å². The number of benzene rings is 1. The predicted octanol–water partition coefficient (Wildman–Crippen LogP) is 5.02. The Kier molecular flexibility index (Phi) is 4.72. The molecule has 0 amide bonds. The molecule has 0 atom stereocenters. The number of rotatable bonds is 2. The van der Waals surface area contributed by atoms with Crippen molar-refractivity contribution in [2.45, 2.75) is 58.8 Å². The molecule has 124 valence electrons. The van der Waals surface area contributed by atoms with Gasteiger partial charge in [-0.3, -0.25) is 0 Å². The molecule has 2 aromatic rings. The van der Waals surface area contributed by atoms with Crippen LogP contribution in [0.25, 0.3) is 0 Å². The van der Waals surface area contributed by atoms with E-state index in [1.165, 1.54) is 5.56 Å². The predicted molar refractivity (Wildman–Crippen MR) is 95.4 cm³/mol. The second-order valence-electron chi connectivity index (χ2n) is 8.02. The quantitative estimate of drug-likeness (QED) is 0.839. The summed E-state index contributed by atoms with van der Waals surface area (Å²) in [5.41, 5.74) is 3.65. The lowest BCUT2D eigenvalue weighted by Gasteiger charge is -2.31. The van der Waals surface area contributed by atoms with E-state index in [4.69, 9.17) is 11.6 Å². The van der Waals surface area contributed by atoms with E-state index in [0.29, 0.717) is 17.3 Å². The van der Waals surface area contributed by atoms with Crippen molar-refractivity contribution < 1.29 is 5.11 Å². The van der Waals surface area contributed by atoms with E-state index in [1.54, 1.807) is 6.07 Å². The Morgan fingerprint density at radius 2 is 1.57 bits per heavy atom. The van der Waals surface area contributed by atoms with E-state index in [2.05, 4.69) is 57.8 Å². The van der Waals surface area contributed by atoms with E-state index < -0.39 is 0 Å². The molecular weight excluding hydrogens is 308 g/mol. The first kappa shape index (κ1) is 17.7. The molecule has 0 aliphatic heterocycles. The van der Waals surface area contributed by atoms with Gasteiger partial charge in [-0.2, -0.15) is 5.10 Å². The summed E-state index contributed by atoms with van der Waals surface area (Å²) in [6.45, 7) is 12.9. The maximum atomic E-state index is 10.9. The average molecular weight is 333 g/mol. The molecule has 0 radical (unpaired) electrons. The van der Waals surface area contributed by atoms with Crippen LogP contribution in [0.15, 0.2) is 24.3 Å². The van der Waals surface area contributed by atoms with Gasteiger partial charge in [0.25, 0.3) is 0 Å². The number of nitrogens with zero attached hydrogens (tertiary/aromatic N) is 2. The average Bonchev–Trinajstić information content (AvgIpc) is 2.40. The lowest BCUT2D eigenvalue weighted by Crippen LogP contribution is -2.22. The Balaban J connectivity index is 2.53. The minimum Gasteiger partial charge on any atom is -0.507 e. The first-order chi connectivity index (χ1) is 10.5. The van der Waals surface area contributed by atoms with Gasteiger partial charge in [-0.1, -0.05) is 65.3 Å². The summed E-state index contributed by atoms with van der Waals surface area (Å²) >= 11 is 5.78. The molecule has 2 rings (SSSR count). The molecule has 0 spiro atoms. The molecular formula is C19H25ClN2O. The van der Waals surface area contributed by atoms with Crippen molar-refractivity contribution in [2.24, 2.45) is 0 Å². The highest BCUT2D eigenvalue weighted by molar-refractivity contribution is 6.29. The fraction of sp³-hybridized carbons (Fsp3) is 0.474. The lowest BCUT2D eigenvalue weighted by atomic mass is 9.74. The van der Waals surface area contributed by atoms with Crippen LogP contribution in [0.3, 0.4) is 0 Å². The van der Waals surface area contributed by atoms with E-state index in [9.17, 15) is 5.11 Å². The van der Waals surface area contributed by atoms with Gasteiger partial charge in [-0.05, 0) is 28.5 Å². The van der Waals surface area contributed by atoms with Crippen molar-refractivity contribution in [1.29, 1.82) is 0 Å². The molecule has 1 aromatic heterocycles.